The summed E-state index contributed by atoms with van der Waals surface area (Å²) in [6.45, 7) is 19.4. The van der Waals surface area contributed by atoms with Crippen LogP contribution in [-0.4, -0.2) is 0 Å². The van der Waals surface area contributed by atoms with Crippen molar-refractivity contribution in [2.45, 2.75) is 77.0 Å². The van der Waals surface area contributed by atoms with Crippen LogP contribution in [0.3, 0.4) is 0 Å². The van der Waals surface area contributed by atoms with Gasteiger partial charge in [-0.25, -0.2) is 0 Å². The van der Waals surface area contributed by atoms with Crippen molar-refractivity contribution in [3.63, 3.8) is 0 Å². The largest absolute Gasteiger partial charge is 0.456 e. The van der Waals surface area contributed by atoms with Gasteiger partial charge in [0.05, 0.1) is 11.1 Å². The van der Waals surface area contributed by atoms with E-state index in [-0.39, 0.29) is 21.7 Å². The second-order valence-corrected chi connectivity index (χ2v) is 24.3. The van der Waals surface area contributed by atoms with Crippen LogP contribution in [0.1, 0.15) is 99.9 Å². The van der Waals surface area contributed by atoms with E-state index in [1.165, 1.54) is 105 Å². The summed E-state index contributed by atoms with van der Waals surface area (Å²) in [5, 5.41) is 6.96. The van der Waals surface area contributed by atoms with E-state index in [4.69, 9.17) is 13.3 Å². The van der Waals surface area contributed by atoms with Crippen LogP contribution >= 0.6 is 0 Å². The first-order valence-electron chi connectivity index (χ1n) is 27.0. The highest BCUT2D eigenvalue weighted by Gasteiger charge is 2.49. The van der Waals surface area contributed by atoms with Crippen molar-refractivity contribution < 1.29 is 13.3 Å². The Bertz CT molecular complexity index is 4830. The minimum Gasteiger partial charge on any atom is -0.456 e. The van der Waals surface area contributed by atoms with E-state index in [2.05, 4.69) is 236 Å². The maximum absolute atomic E-state index is 7.03. The molecule has 364 valence electrons. The Balaban J connectivity index is 0.887. The summed E-state index contributed by atoms with van der Waals surface area (Å²) in [7, 11) is 0. The van der Waals surface area contributed by atoms with Gasteiger partial charge in [-0.15, -0.1) is 0 Å². The molecule has 0 atom stereocenters. The molecule has 0 unspecified atom stereocenters. The van der Waals surface area contributed by atoms with Crippen LogP contribution in [0, 0.1) is 0 Å². The van der Waals surface area contributed by atoms with Crippen molar-refractivity contribution in [2.75, 3.05) is 4.90 Å². The fourth-order valence-electron chi connectivity index (χ4n) is 15.4. The molecule has 0 saturated heterocycles. The number of nitrogens with zero attached hydrogens (tertiary/aromatic N) is 1. The van der Waals surface area contributed by atoms with Crippen LogP contribution in [0.4, 0.5) is 17.1 Å². The molecule has 0 N–H and O–H groups in total. The quantitative estimate of drug-likeness (QED) is 0.177. The van der Waals surface area contributed by atoms with Gasteiger partial charge in [0.1, 0.15) is 33.5 Å². The number of hydrogen-bond acceptors (Lipinski definition) is 4. The summed E-state index contributed by atoms with van der Waals surface area (Å²) in [5.74, 6) is 0. The molecule has 76 heavy (non-hydrogen) atoms. The second-order valence-electron chi connectivity index (χ2n) is 24.3. The number of anilines is 3. The van der Waals surface area contributed by atoms with E-state index in [0.717, 1.165) is 66.7 Å². The van der Waals surface area contributed by atoms with Crippen LogP contribution in [0.25, 0.3) is 110 Å². The third-order valence-electron chi connectivity index (χ3n) is 19.0. The molecule has 4 aliphatic rings. The second kappa shape index (κ2) is 13.8. The van der Waals surface area contributed by atoms with E-state index in [1.807, 2.05) is 0 Å². The molecule has 0 aliphatic heterocycles. The first-order valence-corrected chi connectivity index (χ1v) is 27.0. The number of rotatable bonds is 3. The monoisotopic (exact) mass is 979 g/mol. The predicted octanol–water partition coefficient (Wildman–Crippen LogP) is 20.1. The Morgan fingerprint density at radius 3 is 1.53 bits per heavy atom. The molecule has 0 amide bonds. The van der Waals surface area contributed by atoms with Gasteiger partial charge in [0.15, 0.2) is 0 Å². The SMILES string of the molecule is CC1(C)c2cc(N(c3ccc4c(c3)C(C)(C)c3c5c(c6oc7ccccc7c6c3-4)-c3ccccc3C5(C)C)c3cccc4oc5ccccc5c34)ccc2-c2cc3c(cc21)-c1c(ccc2oc4ccccc4c12)C3(C)C. The average molecular weight is 980 g/mol. The van der Waals surface area contributed by atoms with Gasteiger partial charge in [0.25, 0.3) is 0 Å². The Morgan fingerprint density at radius 2 is 0.803 bits per heavy atom. The molecule has 13 aromatic rings. The number of fused-ring (bicyclic) bond motifs is 25. The number of hydrogen-bond donors (Lipinski definition) is 0. The average Bonchev–Trinajstić information content (AvgIpc) is 4.37. The molecule has 4 heteroatoms. The van der Waals surface area contributed by atoms with Crippen LogP contribution < -0.4 is 4.90 Å². The molecule has 0 saturated carbocycles. The predicted molar refractivity (Wildman–Crippen MR) is 313 cm³/mol. The van der Waals surface area contributed by atoms with Crippen LogP contribution in [0.5, 0.6) is 0 Å². The summed E-state index contributed by atoms with van der Waals surface area (Å²) in [5.41, 5.74) is 28.9. The minimum absolute atomic E-state index is 0.195. The van der Waals surface area contributed by atoms with Crippen LogP contribution in [-0.2, 0) is 21.7 Å². The van der Waals surface area contributed by atoms with Gasteiger partial charge >= 0.3 is 0 Å². The van der Waals surface area contributed by atoms with Gasteiger partial charge in [-0.1, -0.05) is 159 Å². The minimum atomic E-state index is -0.362. The molecule has 3 heterocycles. The highest BCUT2D eigenvalue weighted by atomic mass is 16.3. The molecular formula is C72H53NO3. The van der Waals surface area contributed by atoms with Crippen molar-refractivity contribution in [2.24, 2.45) is 0 Å². The van der Waals surface area contributed by atoms with Gasteiger partial charge in [0, 0.05) is 65.5 Å². The molecule has 0 bridgehead atoms. The van der Waals surface area contributed by atoms with Crippen molar-refractivity contribution >= 4 is 82.9 Å². The van der Waals surface area contributed by atoms with Crippen LogP contribution in [0.15, 0.2) is 189 Å². The maximum Gasteiger partial charge on any atom is 0.144 e. The van der Waals surface area contributed by atoms with E-state index >= 15 is 0 Å². The first kappa shape index (κ1) is 42.7. The van der Waals surface area contributed by atoms with E-state index in [0.29, 0.717) is 0 Å². The molecule has 10 aromatic carbocycles. The molecule has 0 spiro atoms. The lowest BCUT2D eigenvalue weighted by Gasteiger charge is -2.32. The summed E-state index contributed by atoms with van der Waals surface area (Å²) >= 11 is 0. The summed E-state index contributed by atoms with van der Waals surface area (Å²) in [6, 6.07) is 65.2. The summed E-state index contributed by atoms with van der Waals surface area (Å²) < 4.78 is 20.2. The van der Waals surface area contributed by atoms with Crippen molar-refractivity contribution in [1.29, 1.82) is 0 Å². The Morgan fingerprint density at radius 1 is 0.303 bits per heavy atom. The number of furan rings is 3. The molecular weight excluding hydrogens is 927 g/mol. The lowest BCUT2D eigenvalue weighted by molar-refractivity contribution is 0.600. The number of benzene rings is 10. The fraction of sp³-hybridized carbons (Fsp3) is 0.167. The summed E-state index contributed by atoms with van der Waals surface area (Å²) in [4.78, 5) is 2.51. The van der Waals surface area contributed by atoms with Crippen molar-refractivity contribution in [3.05, 3.63) is 220 Å². The fourth-order valence-corrected chi connectivity index (χ4v) is 15.4. The maximum atomic E-state index is 7.03. The first-order chi connectivity index (χ1) is 36.7. The zero-order chi connectivity index (χ0) is 51.1. The summed E-state index contributed by atoms with van der Waals surface area (Å²) in [6.07, 6.45) is 0. The normalized spacial score (nSPS) is 16.3. The molecule has 4 aliphatic carbocycles. The molecule has 0 fully saturated rings. The zero-order valence-electron chi connectivity index (χ0n) is 43.9. The zero-order valence-corrected chi connectivity index (χ0v) is 43.9. The third-order valence-corrected chi connectivity index (χ3v) is 19.0. The lowest BCUT2D eigenvalue weighted by atomic mass is 9.72. The lowest BCUT2D eigenvalue weighted by Crippen LogP contribution is -2.24. The highest BCUT2D eigenvalue weighted by molar-refractivity contribution is 6.21. The van der Waals surface area contributed by atoms with E-state index < -0.39 is 0 Å². The van der Waals surface area contributed by atoms with Crippen molar-refractivity contribution in [3.8, 4) is 44.5 Å². The Labute approximate surface area is 440 Å². The van der Waals surface area contributed by atoms with E-state index in [9.17, 15) is 0 Å². The molecule has 17 rings (SSSR count). The van der Waals surface area contributed by atoms with Gasteiger partial charge in [0.2, 0.25) is 0 Å². The molecule has 0 radical (unpaired) electrons. The molecule has 3 aromatic heterocycles. The van der Waals surface area contributed by atoms with Gasteiger partial charge in [-0.2, -0.15) is 0 Å². The molecule has 4 nitrogen and oxygen atoms in total. The highest BCUT2D eigenvalue weighted by Crippen LogP contribution is 2.64. The van der Waals surface area contributed by atoms with Crippen molar-refractivity contribution in [1.82, 2.24) is 0 Å². The van der Waals surface area contributed by atoms with Gasteiger partial charge < -0.3 is 18.2 Å². The van der Waals surface area contributed by atoms with Gasteiger partial charge in [-0.05, 0) is 156 Å². The third kappa shape index (κ3) is 5.02. The van der Waals surface area contributed by atoms with E-state index in [1.54, 1.807) is 0 Å². The Kier molecular flexibility index (Phi) is 7.76. The van der Waals surface area contributed by atoms with Crippen LogP contribution in [0.2, 0.25) is 0 Å². The standard InChI is InChI=1S/C72H53NO3/c1-69(2)49-32-33-59-62(44-20-11-15-25-56(44)75-59)60(49)47-37-52-46(36-53(47)69)40-30-28-38(34-50(40)70(52,3)4)73(54-23-17-27-58-61(54)43-19-10-14-24-55(43)74-58)39-29-31-42-51(35-39)72(7,8)66-63(42)64-45-21-12-16-26-57(45)76-68(64)65-41-18-9-13-22-48(41)71(5,6)67(65)66/h9-37H,1-8H3. The smallest absolute Gasteiger partial charge is 0.144 e. The Hall–Kier alpha value is -8.60. The number of para-hydroxylation sites is 3. The topological polar surface area (TPSA) is 42.7 Å². The van der Waals surface area contributed by atoms with Gasteiger partial charge in [-0.3, -0.25) is 0 Å².